The molecule has 150 valence electrons. The fourth-order valence-electron chi connectivity index (χ4n) is 3.53. The second-order valence-corrected chi connectivity index (χ2v) is 8.17. The van der Waals surface area contributed by atoms with Crippen LogP contribution in [-0.4, -0.2) is 46.5 Å². The molecule has 1 aromatic heterocycles. The van der Waals surface area contributed by atoms with E-state index in [2.05, 4.69) is 22.2 Å². The van der Waals surface area contributed by atoms with E-state index in [1.165, 1.54) is 0 Å². The number of nitrogens with one attached hydrogen (secondary N) is 1. The van der Waals surface area contributed by atoms with Gasteiger partial charge in [0, 0.05) is 28.5 Å². The minimum absolute atomic E-state index is 0.166. The van der Waals surface area contributed by atoms with Gasteiger partial charge in [-0.05, 0) is 69.4 Å². The Morgan fingerprint density at radius 2 is 1.76 bits per heavy atom. The first-order valence-corrected chi connectivity index (χ1v) is 10.4. The van der Waals surface area contributed by atoms with Crippen molar-refractivity contribution in [2.75, 3.05) is 20.1 Å². The summed E-state index contributed by atoms with van der Waals surface area (Å²) in [5.41, 5.74) is 1.99. The van der Waals surface area contributed by atoms with Gasteiger partial charge in [0.25, 0.3) is 5.91 Å². The van der Waals surface area contributed by atoms with E-state index in [-0.39, 0.29) is 11.9 Å². The molecule has 0 bridgehead atoms. The fourth-order valence-corrected chi connectivity index (χ4v) is 3.88. The van der Waals surface area contributed by atoms with Crippen LogP contribution in [0.25, 0.3) is 17.1 Å². The lowest BCUT2D eigenvalue weighted by molar-refractivity contribution is 0.0912. The molecule has 3 aromatic rings. The molecule has 0 unspecified atom stereocenters. The summed E-state index contributed by atoms with van der Waals surface area (Å²) >= 11 is 12.5. The molecule has 7 heteroatoms. The summed E-state index contributed by atoms with van der Waals surface area (Å²) in [6.45, 7) is 1.96. The van der Waals surface area contributed by atoms with Crippen LogP contribution in [0.15, 0.2) is 54.7 Å². The van der Waals surface area contributed by atoms with Crippen LogP contribution >= 0.6 is 23.2 Å². The van der Waals surface area contributed by atoms with Crippen molar-refractivity contribution in [1.29, 1.82) is 0 Å². The normalized spacial score (nSPS) is 15.4. The SMILES string of the molecule is CN1CCC(NC(=O)c2cn(-c3ccc(Cl)cc3)c(-c3ccccc3Cl)n2)CC1. The van der Waals surface area contributed by atoms with Gasteiger partial charge in [-0.15, -0.1) is 0 Å². The maximum atomic E-state index is 12.9. The maximum absolute atomic E-state index is 12.9. The van der Waals surface area contributed by atoms with Crippen molar-refractivity contribution in [2.24, 2.45) is 0 Å². The number of carbonyl (C=O) groups is 1. The van der Waals surface area contributed by atoms with Crippen molar-refractivity contribution in [3.8, 4) is 17.1 Å². The Kier molecular flexibility index (Phi) is 5.90. The van der Waals surface area contributed by atoms with Crippen molar-refractivity contribution < 1.29 is 4.79 Å². The number of amides is 1. The van der Waals surface area contributed by atoms with Gasteiger partial charge in [-0.1, -0.05) is 35.3 Å². The first-order chi connectivity index (χ1) is 14.0. The van der Waals surface area contributed by atoms with Crippen LogP contribution in [0, 0.1) is 0 Å². The third-order valence-corrected chi connectivity index (χ3v) is 5.79. The second-order valence-electron chi connectivity index (χ2n) is 7.33. The van der Waals surface area contributed by atoms with Gasteiger partial charge in [-0.25, -0.2) is 4.98 Å². The Morgan fingerprint density at radius 3 is 2.45 bits per heavy atom. The molecule has 1 aliphatic heterocycles. The van der Waals surface area contributed by atoms with Crippen molar-refractivity contribution in [1.82, 2.24) is 19.8 Å². The van der Waals surface area contributed by atoms with Gasteiger partial charge >= 0.3 is 0 Å². The number of rotatable bonds is 4. The summed E-state index contributed by atoms with van der Waals surface area (Å²) in [7, 11) is 2.10. The Balaban J connectivity index is 1.68. The van der Waals surface area contributed by atoms with Gasteiger partial charge in [-0.3, -0.25) is 9.36 Å². The zero-order chi connectivity index (χ0) is 20.4. The van der Waals surface area contributed by atoms with Gasteiger partial charge in [-0.2, -0.15) is 0 Å². The number of carbonyl (C=O) groups excluding carboxylic acids is 1. The highest BCUT2D eigenvalue weighted by Gasteiger charge is 2.22. The number of imidazole rings is 1. The molecular formula is C22H22Cl2N4O. The topological polar surface area (TPSA) is 50.2 Å². The standard InChI is InChI=1S/C22H22Cl2N4O/c1-27-12-10-16(11-13-27)25-22(29)20-14-28(17-8-6-15(23)7-9-17)21(26-20)18-4-2-3-5-19(18)24/h2-9,14,16H,10-13H2,1H3,(H,25,29). The minimum Gasteiger partial charge on any atom is -0.348 e. The highest BCUT2D eigenvalue weighted by atomic mass is 35.5. The van der Waals surface area contributed by atoms with E-state index in [1.807, 2.05) is 53.1 Å². The predicted molar refractivity (Wildman–Crippen MR) is 117 cm³/mol. The molecule has 0 atom stereocenters. The Morgan fingerprint density at radius 1 is 1.07 bits per heavy atom. The number of aromatic nitrogens is 2. The van der Waals surface area contributed by atoms with Crippen molar-refractivity contribution >= 4 is 29.1 Å². The summed E-state index contributed by atoms with van der Waals surface area (Å²) in [6.07, 6.45) is 3.64. The summed E-state index contributed by atoms with van der Waals surface area (Å²) in [6, 6.07) is 15.1. The van der Waals surface area contributed by atoms with Crippen LogP contribution < -0.4 is 5.32 Å². The Hall–Kier alpha value is -2.34. The first-order valence-electron chi connectivity index (χ1n) is 9.61. The minimum atomic E-state index is -0.166. The molecule has 1 N–H and O–H groups in total. The molecule has 2 aromatic carbocycles. The third kappa shape index (κ3) is 4.47. The monoisotopic (exact) mass is 428 g/mol. The second kappa shape index (κ2) is 8.57. The molecule has 29 heavy (non-hydrogen) atoms. The number of halogens is 2. The van der Waals surface area contributed by atoms with Crippen molar-refractivity contribution in [2.45, 2.75) is 18.9 Å². The largest absolute Gasteiger partial charge is 0.348 e. The number of nitrogens with zero attached hydrogens (tertiary/aromatic N) is 3. The molecule has 0 aliphatic carbocycles. The highest BCUT2D eigenvalue weighted by Crippen LogP contribution is 2.29. The molecule has 2 heterocycles. The average molecular weight is 429 g/mol. The molecule has 1 fully saturated rings. The van der Waals surface area contributed by atoms with E-state index < -0.39 is 0 Å². The lowest BCUT2D eigenvalue weighted by Crippen LogP contribution is -2.43. The van der Waals surface area contributed by atoms with E-state index >= 15 is 0 Å². The zero-order valence-corrected chi connectivity index (χ0v) is 17.6. The average Bonchev–Trinajstić information content (AvgIpc) is 3.16. The quantitative estimate of drug-likeness (QED) is 0.656. The van der Waals surface area contributed by atoms with Gasteiger partial charge < -0.3 is 10.2 Å². The molecule has 1 amide bonds. The Bertz CT molecular complexity index is 1010. The fraction of sp³-hybridized carbons (Fsp3) is 0.273. The molecule has 1 saturated heterocycles. The third-order valence-electron chi connectivity index (χ3n) is 5.21. The molecular weight excluding hydrogens is 407 g/mol. The van der Waals surface area contributed by atoms with Crippen LogP contribution in [-0.2, 0) is 0 Å². The van der Waals surface area contributed by atoms with Crippen LogP contribution in [0.4, 0.5) is 0 Å². The van der Waals surface area contributed by atoms with Gasteiger partial charge in [0.05, 0.1) is 5.02 Å². The maximum Gasteiger partial charge on any atom is 0.271 e. The number of piperidine rings is 1. The lowest BCUT2D eigenvalue weighted by atomic mass is 10.1. The zero-order valence-electron chi connectivity index (χ0n) is 16.1. The summed E-state index contributed by atoms with van der Waals surface area (Å²) in [4.78, 5) is 19.8. The van der Waals surface area contributed by atoms with Crippen molar-refractivity contribution in [3.05, 3.63) is 70.5 Å². The molecule has 4 rings (SSSR count). The molecule has 5 nitrogen and oxygen atoms in total. The number of likely N-dealkylation sites (tertiary alicyclic amines) is 1. The summed E-state index contributed by atoms with van der Waals surface area (Å²) < 4.78 is 1.88. The first kappa shape index (κ1) is 20.0. The lowest BCUT2D eigenvalue weighted by Gasteiger charge is -2.29. The molecule has 0 spiro atoms. The molecule has 1 aliphatic rings. The van der Waals surface area contributed by atoms with Gasteiger partial charge in [0.1, 0.15) is 11.5 Å². The molecule has 0 saturated carbocycles. The smallest absolute Gasteiger partial charge is 0.271 e. The number of hydrogen-bond acceptors (Lipinski definition) is 3. The van der Waals surface area contributed by atoms with Crippen LogP contribution in [0.5, 0.6) is 0 Å². The highest BCUT2D eigenvalue weighted by molar-refractivity contribution is 6.33. The van der Waals surface area contributed by atoms with E-state index in [9.17, 15) is 4.79 Å². The van der Waals surface area contributed by atoms with E-state index in [1.54, 1.807) is 6.20 Å². The van der Waals surface area contributed by atoms with Gasteiger partial charge in [0.15, 0.2) is 0 Å². The summed E-state index contributed by atoms with van der Waals surface area (Å²) in [5, 5.41) is 4.35. The Labute approximate surface area is 180 Å². The van der Waals surface area contributed by atoms with Gasteiger partial charge in [0.2, 0.25) is 0 Å². The van der Waals surface area contributed by atoms with E-state index in [0.717, 1.165) is 37.2 Å². The number of benzene rings is 2. The number of hydrogen-bond donors (Lipinski definition) is 1. The molecule has 0 radical (unpaired) electrons. The van der Waals surface area contributed by atoms with Crippen LogP contribution in [0.2, 0.25) is 10.0 Å². The van der Waals surface area contributed by atoms with Crippen molar-refractivity contribution in [3.63, 3.8) is 0 Å². The van der Waals surface area contributed by atoms with E-state index in [0.29, 0.717) is 21.6 Å². The van der Waals surface area contributed by atoms with E-state index in [4.69, 9.17) is 23.2 Å². The predicted octanol–water partition coefficient (Wildman–Crippen LogP) is 4.67. The summed E-state index contributed by atoms with van der Waals surface area (Å²) in [5.74, 6) is 0.451. The van der Waals surface area contributed by atoms with Crippen LogP contribution in [0.3, 0.4) is 0 Å². The van der Waals surface area contributed by atoms with Crippen LogP contribution in [0.1, 0.15) is 23.3 Å².